The quantitative estimate of drug-likeness (QED) is 0.872. The van der Waals surface area contributed by atoms with Crippen LogP contribution in [0, 0.1) is 0 Å². The largest absolute Gasteiger partial charge is 0.308 e. The van der Waals surface area contributed by atoms with E-state index in [9.17, 15) is 8.42 Å². The van der Waals surface area contributed by atoms with Gasteiger partial charge in [-0.1, -0.05) is 24.3 Å². The summed E-state index contributed by atoms with van der Waals surface area (Å²) in [6, 6.07) is 8.23. The number of hydrogen-bond acceptors (Lipinski definition) is 3. The molecule has 0 saturated carbocycles. The van der Waals surface area contributed by atoms with Gasteiger partial charge in [0.15, 0.2) is 0 Å². The molecule has 0 saturated heterocycles. The summed E-state index contributed by atoms with van der Waals surface area (Å²) < 4.78 is 26.9. The zero-order valence-corrected chi connectivity index (χ0v) is 12.8. The fourth-order valence-electron chi connectivity index (χ4n) is 2.55. The maximum absolute atomic E-state index is 12.3. The predicted octanol–water partition coefficient (Wildman–Crippen LogP) is 2.02. The third kappa shape index (κ3) is 2.41. The minimum absolute atomic E-state index is 0.579. The molecule has 0 aliphatic heterocycles. The Bertz CT molecular complexity index is 804. The van der Waals surface area contributed by atoms with E-state index < -0.39 is 10.2 Å². The van der Waals surface area contributed by atoms with Gasteiger partial charge >= 0.3 is 10.2 Å². The first-order valence-corrected chi connectivity index (χ1v) is 8.14. The van der Waals surface area contributed by atoms with E-state index in [4.69, 9.17) is 0 Å². The molecule has 0 atom stereocenters. The highest BCUT2D eigenvalue weighted by Gasteiger charge is 2.20. The number of hydrogen-bond donors (Lipinski definition) is 0. The summed E-state index contributed by atoms with van der Waals surface area (Å²) in [6.07, 6.45) is 6.75. The van der Waals surface area contributed by atoms with Gasteiger partial charge in [-0.25, -0.2) is 8.96 Å². The summed E-state index contributed by atoms with van der Waals surface area (Å²) in [7, 11) is -0.518. The van der Waals surface area contributed by atoms with Gasteiger partial charge < -0.3 is 0 Å². The average Bonchev–Trinajstić information content (AvgIpc) is 3.07. The van der Waals surface area contributed by atoms with Crippen LogP contribution in [0.4, 0.5) is 0 Å². The van der Waals surface area contributed by atoms with Crippen LogP contribution >= 0.6 is 0 Å². The third-order valence-electron chi connectivity index (χ3n) is 3.69. The number of imidazole rings is 1. The molecular weight excluding hydrogens is 286 g/mol. The third-order valence-corrected chi connectivity index (χ3v) is 5.42. The topological polar surface area (TPSA) is 55.2 Å². The molecule has 21 heavy (non-hydrogen) atoms. The number of nitrogens with zero attached hydrogens (tertiary/aromatic N) is 3. The van der Waals surface area contributed by atoms with Gasteiger partial charge in [0.25, 0.3) is 0 Å². The summed E-state index contributed by atoms with van der Waals surface area (Å²) in [4.78, 5) is 3.98. The van der Waals surface area contributed by atoms with E-state index >= 15 is 0 Å². The zero-order chi connectivity index (χ0) is 15.0. The van der Waals surface area contributed by atoms with E-state index in [0.29, 0.717) is 5.69 Å². The van der Waals surface area contributed by atoms with Gasteiger partial charge in [-0.3, -0.25) is 0 Å². The van der Waals surface area contributed by atoms with Crippen molar-refractivity contribution in [1.29, 1.82) is 0 Å². The van der Waals surface area contributed by atoms with E-state index in [1.54, 1.807) is 6.20 Å². The molecule has 3 rings (SSSR count). The summed E-state index contributed by atoms with van der Waals surface area (Å²) >= 11 is 0. The van der Waals surface area contributed by atoms with Gasteiger partial charge in [0.2, 0.25) is 0 Å². The monoisotopic (exact) mass is 303 g/mol. The highest BCUT2D eigenvalue weighted by atomic mass is 32.2. The molecule has 1 aromatic heterocycles. The second-order valence-electron chi connectivity index (χ2n) is 5.23. The first-order chi connectivity index (χ1) is 10.00. The number of aromatic nitrogens is 2. The molecule has 0 unspecified atom stereocenters. The molecule has 1 aliphatic rings. The van der Waals surface area contributed by atoms with Crippen LogP contribution in [0.1, 0.15) is 23.2 Å². The number of rotatable bonds is 3. The molecule has 0 N–H and O–H groups in total. The molecule has 2 aromatic rings. The van der Waals surface area contributed by atoms with Crippen molar-refractivity contribution < 1.29 is 8.42 Å². The molecule has 0 radical (unpaired) electrons. The highest BCUT2D eigenvalue weighted by Crippen LogP contribution is 2.33. The minimum Gasteiger partial charge on any atom is -0.243 e. The molecule has 0 fully saturated rings. The Hall–Kier alpha value is -1.92. The average molecular weight is 303 g/mol. The molecule has 6 heteroatoms. The smallest absolute Gasteiger partial charge is 0.243 e. The molecule has 0 spiro atoms. The first-order valence-electron chi connectivity index (χ1n) is 6.74. The van der Waals surface area contributed by atoms with Crippen molar-refractivity contribution in [3.8, 4) is 0 Å². The van der Waals surface area contributed by atoms with Crippen molar-refractivity contribution in [3.05, 3.63) is 53.6 Å². The van der Waals surface area contributed by atoms with Crippen LogP contribution < -0.4 is 0 Å². The Kier molecular flexibility index (Phi) is 3.43. The zero-order valence-electron chi connectivity index (χ0n) is 12.0. The number of aryl methyl sites for hydroxylation is 1. The van der Waals surface area contributed by atoms with Crippen LogP contribution in [0.5, 0.6) is 0 Å². The van der Waals surface area contributed by atoms with E-state index in [-0.39, 0.29) is 0 Å². The van der Waals surface area contributed by atoms with Crippen LogP contribution in [-0.4, -0.2) is 35.8 Å². The Balaban J connectivity index is 2.06. The van der Waals surface area contributed by atoms with Crippen molar-refractivity contribution >= 4 is 21.9 Å². The normalized spacial score (nSPS) is 16.6. The predicted molar refractivity (Wildman–Crippen MR) is 82.9 cm³/mol. The van der Waals surface area contributed by atoms with Crippen molar-refractivity contribution in [2.24, 2.45) is 0 Å². The van der Waals surface area contributed by atoms with Gasteiger partial charge in [-0.05, 0) is 35.6 Å². The van der Waals surface area contributed by atoms with E-state index in [2.05, 4.69) is 17.1 Å². The molecule has 1 aromatic carbocycles. The lowest BCUT2D eigenvalue weighted by Crippen LogP contribution is -2.29. The van der Waals surface area contributed by atoms with Gasteiger partial charge in [-0.15, -0.1) is 0 Å². The van der Waals surface area contributed by atoms with Crippen LogP contribution in [0.25, 0.3) is 11.6 Å². The van der Waals surface area contributed by atoms with Crippen molar-refractivity contribution in [2.75, 3.05) is 14.1 Å². The van der Waals surface area contributed by atoms with E-state index in [0.717, 1.165) is 18.4 Å². The summed E-state index contributed by atoms with van der Waals surface area (Å²) in [6.45, 7) is 0. The Labute approximate surface area is 124 Å². The summed E-state index contributed by atoms with van der Waals surface area (Å²) in [5, 5.41) is 0. The number of fused-ring (bicyclic) bond motifs is 1. The Morgan fingerprint density at radius 2 is 2.00 bits per heavy atom. The van der Waals surface area contributed by atoms with Crippen LogP contribution in [-0.2, 0) is 16.6 Å². The second kappa shape index (κ2) is 5.13. The van der Waals surface area contributed by atoms with Gasteiger partial charge in [-0.2, -0.15) is 12.7 Å². The van der Waals surface area contributed by atoms with Crippen LogP contribution in [0.2, 0.25) is 0 Å². The van der Waals surface area contributed by atoms with Crippen molar-refractivity contribution in [1.82, 2.24) is 13.3 Å². The van der Waals surface area contributed by atoms with E-state index in [1.807, 2.05) is 18.2 Å². The molecule has 1 aliphatic carbocycles. The lowest BCUT2D eigenvalue weighted by molar-refractivity contribution is 0.510. The van der Waals surface area contributed by atoms with Crippen LogP contribution in [0.15, 0.2) is 36.8 Å². The molecule has 0 amide bonds. The molecule has 110 valence electrons. The first kappa shape index (κ1) is 14.0. The molecule has 5 nitrogen and oxygen atoms in total. The maximum atomic E-state index is 12.3. The highest BCUT2D eigenvalue weighted by molar-refractivity contribution is 7.87. The molecular formula is C15H17N3O2S. The van der Waals surface area contributed by atoms with Crippen LogP contribution in [0.3, 0.4) is 0 Å². The molecule has 1 heterocycles. The lowest BCUT2D eigenvalue weighted by Gasteiger charge is -2.13. The SMILES string of the molecule is CN(C)S(=O)(=O)n1cncc1/C=C1/CCc2ccccc21. The minimum atomic E-state index is -3.54. The number of benzene rings is 1. The molecule has 0 bridgehead atoms. The Morgan fingerprint density at radius 3 is 2.76 bits per heavy atom. The fourth-order valence-corrected chi connectivity index (χ4v) is 3.44. The summed E-state index contributed by atoms with van der Waals surface area (Å²) in [5.74, 6) is 0. The lowest BCUT2D eigenvalue weighted by atomic mass is 10.1. The second-order valence-corrected chi connectivity index (χ2v) is 7.25. The Morgan fingerprint density at radius 1 is 1.24 bits per heavy atom. The van der Waals surface area contributed by atoms with Crippen molar-refractivity contribution in [2.45, 2.75) is 12.8 Å². The standard InChI is InChI=1S/C15H17N3O2S/c1-17(2)21(19,20)18-11-16-10-14(18)9-13-8-7-12-5-3-4-6-15(12)13/h3-6,9-11H,7-8H2,1-2H3/b13-9-. The number of allylic oxidation sites excluding steroid dienone is 1. The van der Waals surface area contributed by atoms with Crippen molar-refractivity contribution in [3.63, 3.8) is 0 Å². The van der Waals surface area contributed by atoms with Gasteiger partial charge in [0.1, 0.15) is 6.33 Å². The van der Waals surface area contributed by atoms with Gasteiger partial charge in [0, 0.05) is 14.1 Å². The van der Waals surface area contributed by atoms with E-state index in [1.165, 1.54) is 39.8 Å². The maximum Gasteiger partial charge on any atom is 0.308 e. The fraction of sp³-hybridized carbons (Fsp3) is 0.267. The summed E-state index contributed by atoms with van der Waals surface area (Å²) in [5.41, 5.74) is 4.24. The van der Waals surface area contributed by atoms with Gasteiger partial charge in [0.05, 0.1) is 11.9 Å².